The molecule has 0 amide bonds. The maximum atomic E-state index is 14.0. The molecule has 3 fully saturated rings. The lowest BCUT2D eigenvalue weighted by Crippen LogP contribution is -2.57. The standard InChI is InChI=1S/C38H41Cl2N3O7S/c1-3-48-33-17-25(9-11-31(33)47-2)32(18-28-29(39)20-41-21-30(28)40)49-36(45)35-12-10-27(51-35)19-42-38(23-44,26-7-5-4-6-8-26)37(46)50-34-22-43-15-13-24(34)14-16-43/h4-12,17,20-21,24,32,34,42,44H,3,13-16,18-19,22-23H2,1-2H3/t32-,34-,38+/m0/s1. The summed E-state index contributed by atoms with van der Waals surface area (Å²) in [6.45, 7) is 4.70. The Bertz CT molecular complexity index is 1800. The molecule has 3 atom stereocenters. The van der Waals surface area contributed by atoms with Crippen molar-refractivity contribution in [3.63, 3.8) is 0 Å². The van der Waals surface area contributed by atoms with E-state index in [1.54, 1.807) is 49.6 Å². The predicted molar refractivity (Wildman–Crippen MR) is 196 cm³/mol. The third-order valence-corrected chi connectivity index (χ3v) is 11.3. The molecular formula is C38H41Cl2N3O7S. The summed E-state index contributed by atoms with van der Waals surface area (Å²) in [7, 11) is 1.56. The maximum absolute atomic E-state index is 14.0. The van der Waals surface area contributed by atoms with E-state index >= 15 is 0 Å². The fraction of sp³-hybridized carbons (Fsp3) is 0.395. The van der Waals surface area contributed by atoms with Gasteiger partial charge in [-0.1, -0.05) is 59.6 Å². The molecule has 10 nitrogen and oxygen atoms in total. The highest BCUT2D eigenvalue weighted by Crippen LogP contribution is 2.37. The average molecular weight is 755 g/mol. The molecule has 13 heteroatoms. The van der Waals surface area contributed by atoms with E-state index in [1.807, 2.05) is 25.1 Å². The van der Waals surface area contributed by atoms with Crippen LogP contribution in [-0.2, 0) is 32.8 Å². The quantitative estimate of drug-likeness (QED) is 0.128. The van der Waals surface area contributed by atoms with Crippen LogP contribution >= 0.6 is 34.5 Å². The second-order valence-electron chi connectivity index (χ2n) is 12.7. The summed E-state index contributed by atoms with van der Waals surface area (Å²) >= 11 is 14.2. The lowest BCUT2D eigenvalue weighted by molar-refractivity contribution is -0.169. The number of carbonyl (C=O) groups is 2. The number of thiophene rings is 1. The number of methoxy groups -OCH3 is 1. The molecule has 2 bridgehead atoms. The summed E-state index contributed by atoms with van der Waals surface area (Å²) in [6.07, 6.45) is 4.15. The Balaban J connectivity index is 1.21. The molecule has 3 aliphatic heterocycles. The van der Waals surface area contributed by atoms with Gasteiger partial charge in [-0.3, -0.25) is 15.2 Å². The zero-order valence-corrected chi connectivity index (χ0v) is 30.8. The Morgan fingerprint density at radius 2 is 1.80 bits per heavy atom. The minimum Gasteiger partial charge on any atom is -0.493 e. The number of nitrogens with one attached hydrogen (secondary N) is 1. The third-order valence-electron chi connectivity index (χ3n) is 9.58. The van der Waals surface area contributed by atoms with Crippen LogP contribution in [0.25, 0.3) is 0 Å². The van der Waals surface area contributed by atoms with Gasteiger partial charge in [-0.2, -0.15) is 0 Å². The van der Waals surface area contributed by atoms with E-state index in [0.29, 0.717) is 62.2 Å². The first-order valence-corrected chi connectivity index (χ1v) is 18.5. The molecular weight excluding hydrogens is 713 g/mol. The SMILES string of the molecule is CCOc1cc([C@H](Cc2c(Cl)cncc2Cl)OC(=O)c2ccc(CN[C@@](CO)(C(=O)O[C@H]3CN4CCC3CC4)c3ccccc3)s2)ccc1OC. The Kier molecular flexibility index (Phi) is 12.2. The van der Waals surface area contributed by atoms with Crippen molar-refractivity contribution in [2.75, 3.05) is 40.0 Å². The van der Waals surface area contributed by atoms with E-state index in [1.165, 1.54) is 23.7 Å². The van der Waals surface area contributed by atoms with E-state index in [4.69, 9.17) is 42.1 Å². The Morgan fingerprint density at radius 3 is 2.45 bits per heavy atom. The zero-order valence-electron chi connectivity index (χ0n) is 28.5. The fourth-order valence-corrected chi connectivity index (χ4v) is 8.07. The number of ether oxygens (including phenoxy) is 4. The number of rotatable bonds is 15. The first kappa shape index (κ1) is 37.1. The van der Waals surface area contributed by atoms with Crippen LogP contribution in [0.15, 0.2) is 73.1 Å². The average Bonchev–Trinajstić information content (AvgIpc) is 3.64. The molecule has 2 N–H and O–H groups in total. The third kappa shape index (κ3) is 8.35. The van der Waals surface area contributed by atoms with Crippen molar-refractivity contribution in [3.8, 4) is 11.5 Å². The van der Waals surface area contributed by atoms with E-state index in [0.717, 1.165) is 30.8 Å². The zero-order chi connectivity index (χ0) is 36.0. The van der Waals surface area contributed by atoms with Gasteiger partial charge in [0.15, 0.2) is 17.0 Å². The number of hydrogen-bond acceptors (Lipinski definition) is 11. The molecule has 270 valence electrons. The van der Waals surface area contributed by atoms with Crippen molar-refractivity contribution < 1.29 is 33.6 Å². The van der Waals surface area contributed by atoms with Gasteiger partial charge in [0.05, 0.1) is 30.4 Å². The van der Waals surface area contributed by atoms with Gasteiger partial charge in [-0.05, 0) is 79.7 Å². The summed E-state index contributed by atoms with van der Waals surface area (Å²) in [5.74, 6) is 0.295. The van der Waals surface area contributed by atoms with Gasteiger partial charge in [0.2, 0.25) is 0 Å². The van der Waals surface area contributed by atoms with Gasteiger partial charge in [-0.15, -0.1) is 11.3 Å². The lowest BCUT2D eigenvalue weighted by atomic mass is 9.85. The van der Waals surface area contributed by atoms with Gasteiger partial charge in [0.1, 0.15) is 17.1 Å². The molecule has 51 heavy (non-hydrogen) atoms. The van der Waals surface area contributed by atoms with Gasteiger partial charge in [-0.25, -0.2) is 9.59 Å². The van der Waals surface area contributed by atoms with Crippen molar-refractivity contribution in [1.29, 1.82) is 0 Å². The van der Waals surface area contributed by atoms with Crippen molar-refractivity contribution in [2.45, 2.75) is 50.5 Å². The van der Waals surface area contributed by atoms with Crippen LogP contribution in [0.4, 0.5) is 0 Å². The van der Waals surface area contributed by atoms with Crippen LogP contribution in [0, 0.1) is 5.92 Å². The van der Waals surface area contributed by atoms with Crippen LogP contribution < -0.4 is 14.8 Å². The number of halogens is 2. The molecule has 7 rings (SSSR count). The number of piperidine rings is 3. The molecule has 0 saturated carbocycles. The largest absolute Gasteiger partial charge is 0.493 e. The Labute approximate surface area is 311 Å². The molecule has 0 aliphatic carbocycles. The first-order chi connectivity index (χ1) is 24.7. The Hall–Kier alpha value is -3.71. The summed E-state index contributed by atoms with van der Waals surface area (Å²) in [5, 5.41) is 14.8. The highest BCUT2D eigenvalue weighted by molar-refractivity contribution is 7.13. The number of fused-ring (bicyclic) bond motifs is 3. The number of pyridine rings is 1. The van der Waals surface area contributed by atoms with Crippen LogP contribution in [0.3, 0.4) is 0 Å². The summed E-state index contributed by atoms with van der Waals surface area (Å²) in [4.78, 5) is 35.2. The fourth-order valence-electron chi connectivity index (χ4n) is 6.72. The maximum Gasteiger partial charge on any atom is 0.348 e. The molecule has 0 spiro atoms. The van der Waals surface area contributed by atoms with Crippen LogP contribution in [0.5, 0.6) is 11.5 Å². The second-order valence-corrected chi connectivity index (χ2v) is 14.6. The molecule has 3 saturated heterocycles. The number of aliphatic hydroxyl groups excluding tert-OH is 1. The van der Waals surface area contributed by atoms with Crippen molar-refractivity contribution >= 4 is 46.5 Å². The minimum absolute atomic E-state index is 0.182. The van der Waals surface area contributed by atoms with Gasteiger partial charge in [0.25, 0.3) is 0 Å². The summed E-state index contributed by atoms with van der Waals surface area (Å²) in [5.41, 5.74) is 0.338. The van der Waals surface area contributed by atoms with Crippen LogP contribution in [-0.4, -0.2) is 73.0 Å². The highest BCUT2D eigenvalue weighted by Gasteiger charge is 2.45. The second kappa shape index (κ2) is 16.8. The van der Waals surface area contributed by atoms with Crippen LogP contribution in [0.2, 0.25) is 10.0 Å². The van der Waals surface area contributed by atoms with Gasteiger partial charge < -0.3 is 24.1 Å². The smallest absolute Gasteiger partial charge is 0.348 e. The molecule has 2 aromatic carbocycles. The van der Waals surface area contributed by atoms with Crippen molar-refractivity contribution in [3.05, 3.63) is 110 Å². The molecule has 0 unspecified atom stereocenters. The summed E-state index contributed by atoms with van der Waals surface area (Å²) < 4.78 is 23.5. The number of benzene rings is 2. The number of esters is 2. The number of hydrogen-bond donors (Lipinski definition) is 2. The van der Waals surface area contributed by atoms with E-state index in [-0.39, 0.29) is 19.1 Å². The van der Waals surface area contributed by atoms with Crippen LogP contribution in [0.1, 0.15) is 57.1 Å². The van der Waals surface area contributed by atoms with Gasteiger partial charge >= 0.3 is 11.9 Å². The number of nitrogens with zero attached hydrogens (tertiary/aromatic N) is 2. The molecule has 0 radical (unpaired) electrons. The topological polar surface area (TPSA) is 119 Å². The van der Waals surface area contributed by atoms with Crippen molar-refractivity contribution in [1.82, 2.24) is 15.2 Å². The molecule has 3 aliphatic rings. The molecule has 5 heterocycles. The summed E-state index contributed by atoms with van der Waals surface area (Å²) in [6, 6.07) is 17.9. The highest BCUT2D eigenvalue weighted by atomic mass is 35.5. The number of carbonyl (C=O) groups excluding carboxylic acids is 2. The molecule has 4 aromatic rings. The lowest BCUT2D eigenvalue weighted by Gasteiger charge is -2.45. The van der Waals surface area contributed by atoms with E-state index < -0.39 is 30.2 Å². The predicted octanol–water partition coefficient (Wildman–Crippen LogP) is 6.61. The monoisotopic (exact) mass is 753 g/mol. The first-order valence-electron chi connectivity index (χ1n) is 17.0. The Morgan fingerprint density at radius 1 is 1.06 bits per heavy atom. The minimum atomic E-state index is -1.50. The number of aliphatic hydroxyl groups is 1. The van der Waals surface area contributed by atoms with E-state index in [9.17, 15) is 14.7 Å². The molecule has 2 aromatic heterocycles. The van der Waals surface area contributed by atoms with Crippen molar-refractivity contribution in [2.24, 2.45) is 5.92 Å². The van der Waals surface area contributed by atoms with Gasteiger partial charge in [0, 0.05) is 36.8 Å². The van der Waals surface area contributed by atoms with E-state index in [2.05, 4.69) is 15.2 Å². The normalized spacial score (nSPS) is 19.9. The number of aromatic nitrogens is 1.